The lowest BCUT2D eigenvalue weighted by Gasteiger charge is -2.08. The molecule has 1 N–H and O–H groups in total. The van der Waals surface area contributed by atoms with E-state index in [1.54, 1.807) is 30.3 Å². The van der Waals surface area contributed by atoms with Crippen molar-refractivity contribution in [3.05, 3.63) is 70.8 Å². The Bertz CT molecular complexity index is 618. The van der Waals surface area contributed by atoms with Crippen LogP contribution in [-0.2, 0) is 0 Å². The molecular formula is C16H15NO2. The summed E-state index contributed by atoms with van der Waals surface area (Å²) in [4.78, 5) is 24.0. The summed E-state index contributed by atoms with van der Waals surface area (Å²) in [5.74, 6) is -0.749. The quantitative estimate of drug-likeness (QED) is 0.836. The molecule has 0 radical (unpaired) electrons. The zero-order valence-corrected chi connectivity index (χ0v) is 10.9. The van der Waals surface area contributed by atoms with Gasteiger partial charge in [-0.1, -0.05) is 30.3 Å². The van der Waals surface area contributed by atoms with Gasteiger partial charge in [-0.3, -0.25) is 14.9 Å². The van der Waals surface area contributed by atoms with Gasteiger partial charge in [0.2, 0.25) is 0 Å². The van der Waals surface area contributed by atoms with E-state index in [0.717, 1.165) is 11.1 Å². The van der Waals surface area contributed by atoms with Gasteiger partial charge >= 0.3 is 0 Å². The van der Waals surface area contributed by atoms with E-state index in [1.165, 1.54) is 0 Å². The molecular weight excluding hydrogens is 238 g/mol. The summed E-state index contributed by atoms with van der Waals surface area (Å²) in [5.41, 5.74) is 2.92. The van der Waals surface area contributed by atoms with Gasteiger partial charge in [0.05, 0.1) is 0 Å². The van der Waals surface area contributed by atoms with Crippen molar-refractivity contribution < 1.29 is 9.59 Å². The molecule has 0 heterocycles. The van der Waals surface area contributed by atoms with E-state index in [2.05, 4.69) is 5.32 Å². The van der Waals surface area contributed by atoms with Crippen molar-refractivity contribution in [2.75, 3.05) is 0 Å². The first kappa shape index (κ1) is 13.0. The molecule has 0 aliphatic rings. The third-order valence-electron chi connectivity index (χ3n) is 3.11. The molecule has 0 saturated carbocycles. The van der Waals surface area contributed by atoms with Crippen molar-refractivity contribution in [2.24, 2.45) is 0 Å². The molecule has 0 unspecified atom stereocenters. The molecule has 0 aliphatic heterocycles. The summed E-state index contributed by atoms with van der Waals surface area (Å²) in [6.07, 6.45) is 0. The van der Waals surface area contributed by atoms with Crippen molar-refractivity contribution >= 4 is 11.8 Å². The minimum absolute atomic E-state index is 0.366. The second-order valence-electron chi connectivity index (χ2n) is 4.40. The van der Waals surface area contributed by atoms with E-state index < -0.39 is 0 Å². The Balaban J connectivity index is 2.18. The predicted molar refractivity (Wildman–Crippen MR) is 74.2 cm³/mol. The highest BCUT2D eigenvalue weighted by Crippen LogP contribution is 2.12. The average molecular weight is 253 g/mol. The third-order valence-corrected chi connectivity index (χ3v) is 3.11. The number of hydrogen-bond acceptors (Lipinski definition) is 2. The lowest BCUT2D eigenvalue weighted by molar-refractivity contribution is 0.0849. The summed E-state index contributed by atoms with van der Waals surface area (Å²) < 4.78 is 0. The maximum Gasteiger partial charge on any atom is 0.258 e. The number of aryl methyl sites for hydroxylation is 1. The number of carbonyl (C=O) groups is 2. The predicted octanol–water partition coefficient (Wildman–Crippen LogP) is 2.87. The molecule has 0 bridgehead atoms. The number of nitrogens with one attached hydrogen (secondary N) is 1. The van der Waals surface area contributed by atoms with Gasteiger partial charge < -0.3 is 0 Å². The summed E-state index contributed by atoms with van der Waals surface area (Å²) in [5, 5.41) is 2.40. The normalized spacial score (nSPS) is 10.0. The van der Waals surface area contributed by atoms with Crippen molar-refractivity contribution in [3.8, 4) is 0 Å². The van der Waals surface area contributed by atoms with Crippen LogP contribution in [0.5, 0.6) is 0 Å². The van der Waals surface area contributed by atoms with Crippen LogP contribution in [0.1, 0.15) is 31.8 Å². The number of amides is 2. The summed E-state index contributed by atoms with van der Waals surface area (Å²) in [6, 6.07) is 14.2. The molecule has 19 heavy (non-hydrogen) atoms. The Morgan fingerprint density at radius 3 is 2.21 bits per heavy atom. The maximum atomic E-state index is 12.1. The first-order chi connectivity index (χ1) is 9.09. The largest absolute Gasteiger partial charge is 0.288 e. The molecule has 0 aliphatic carbocycles. The summed E-state index contributed by atoms with van der Waals surface area (Å²) in [6.45, 7) is 3.81. The van der Waals surface area contributed by atoms with Crippen molar-refractivity contribution in [1.29, 1.82) is 0 Å². The van der Waals surface area contributed by atoms with E-state index in [4.69, 9.17) is 0 Å². The van der Waals surface area contributed by atoms with Gasteiger partial charge in [-0.2, -0.15) is 0 Å². The molecule has 2 aromatic carbocycles. The first-order valence-corrected chi connectivity index (χ1v) is 6.06. The van der Waals surface area contributed by atoms with Gasteiger partial charge in [-0.25, -0.2) is 0 Å². The molecule has 0 saturated heterocycles. The van der Waals surface area contributed by atoms with Crippen molar-refractivity contribution in [3.63, 3.8) is 0 Å². The maximum absolute atomic E-state index is 12.1. The summed E-state index contributed by atoms with van der Waals surface area (Å²) in [7, 11) is 0. The van der Waals surface area contributed by atoms with Gasteiger partial charge in [-0.15, -0.1) is 0 Å². The lowest BCUT2D eigenvalue weighted by atomic mass is 10.0. The van der Waals surface area contributed by atoms with Crippen LogP contribution < -0.4 is 5.32 Å². The van der Waals surface area contributed by atoms with Crippen LogP contribution in [-0.4, -0.2) is 11.8 Å². The van der Waals surface area contributed by atoms with Crippen LogP contribution in [0.15, 0.2) is 48.5 Å². The first-order valence-electron chi connectivity index (χ1n) is 6.06. The van der Waals surface area contributed by atoms with Gasteiger partial charge in [0.15, 0.2) is 0 Å². The molecule has 0 spiro atoms. The zero-order chi connectivity index (χ0) is 13.8. The Labute approximate surface area is 112 Å². The Hall–Kier alpha value is -2.42. The Morgan fingerprint density at radius 1 is 0.842 bits per heavy atom. The van der Waals surface area contributed by atoms with Crippen LogP contribution in [0.25, 0.3) is 0 Å². The second-order valence-corrected chi connectivity index (χ2v) is 4.40. The topological polar surface area (TPSA) is 46.2 Å². The van der Waals surface area contributed by atoms with Gasteiger partial charge in [-0.05, 0) is 43.2 Å². The van der Waals surface area contributed by atoms with E-state index >= 15 is 0 Å². The molecule has 0 fully saturated rings. The minimum atomic E-state index is -0.383. The second kappa shape index (κ2) is 5.48. The van der Waals surface area contributed by atoms with Gasteiger partial charge in [0.25, 0.3) is 11.8 Å². The van der Waals surface area contributed by atoms with E-state index in [1.807, 2.05) is 32.0 Å². The van der Waals surface area contributed by atoms with Crippen LogP contribution in [0.4, 0.5) is 0 Å². The highest BCUT2D eigenvalue weighted by Gasteiger charge is 2.14. The fraction of sp³-hybridized carbons (Fsp3) is 0.125. The molecule has 2 amide bonds. The van der Waals surface area contributed by atoms with Gasteiger partial charge in [0, 0.05) is 11.1 Å². The Kier molecular flexibility index (Phi) is 3.76. The molecule has 3 nitrogen and oxygen atoms in total. The van der Waals surface area contributed by atoms with Crippen LogP contribution >= 0.6 is 0 Å². The Morgan fingerprint density at radius 2 is 1.53 bits per heavy atom. The average Bonchev–Trinajstić information content (AvgIpc) is 2.42. The molecule has 0 aromatic heterocycles. The molecule has 2 rings (SSSR count). The minimum Gasteiger partial charge on any atom is -0.288 e. The monoisotopic (exact) mass is 253 g/mol. The highest BCUT2D eigenvalue weighted by molar-refractivity contribution is 6.10. The van der Waals surface area contributed by atoms with E-state index in [9.17, 15) is 9.59 Å². The van der Waals surface area contributed by atoms with Crippen molar-refractivity contribution in [2.45, 2.75) is 13.8 Å². The number of rotatable bonds is 2. The molecule has 3 heteroatoms. The molecule has 96 valence electrons. The van der Waals surface area contributed by atoms with Gasteiger partial charge in [0.1, 0.15) is 0 Å². The van der Waals surface area contributed by atoms with Crippen LogP contribution in [0.2, 0.25) is 0 Å². The van der Waals surface area contributed by atoms with E-state index in [-0.39, 0.29) is 11.8 Å². The number of carbonyl (C=O) groups excluding carboxylic acids is 2. The smallest absolute Gasteiger partial charge is 0.258 e. The van der Waals surface area contributed by atoms with E-state index in [0.29, 0.717) is 11.1 Å². The van der Waals surface area contributed by atoms with Crippen LogP contribution in [0, 0.1) is 13.8 Å². The molecule has 0 atom stereocenters. The zero-order valence-electron chi connectivity index (χ0n) is 10.9. The number of imide groups is 1. The lowest BCUT2D eigenvalue weighted by Crippen LogP contribution is -2.31. The molecule has 2 aromatic rings. The highest BCUT2D eigenvalue weighted by atomic mass is 16.2. The standard InChI is InChI=1S/C16H15NO2/c1-11-7-6-10-14(12(11)2)16(19)17-15(18)13-8-4-3-5-9-13/h3-10H,1-2H3,(H,17,18,19). The van der Waals surface area contributed by atoms with Crippen LogP contribution in [0.3, 0.4) is 0 Å². The fourth-order valence-corrected chi connectivity index (χ4v) is 1.83. The van der Waals surface area contributed by atoms with Crippen molar-refractivity contribution in [1.82, 2.24) is 5.32 Å². The SMILES string of the molecule is Cc1cccc(C(=O)NC(=O)c2ccccc2)c1C. The number of benzene rings is 2. The fourth-order valence-electron chi connectivity index (χ4n) is 1.83. The summed E-state index contributed by atoms with van der Waals surface area (Å²) >= 11 is 0. The third kappa shape index (κ3) is 2.88. The number of hydrogen-bond donors (Lipinski definition) is 1.